The zero-order chi connectivity index (χ0) is 15.5. The first-order valence-corrected chi connectivity index (χ1v) is 7.26. The molecule has 0 atom stereocenters. The van der Waals surface area contributed by atoms with Crippen molar-refractivity contribution in [3.8, 4) is 0 Å². The third-order valence-electron chi connectivity index (χ3n) is 3.98. The van der Waals surface area contributed by atoms with E-state index in [0.29, 0.717) is 5.92 Å². The summed E-state index contributed by atoms with van der Waals surface area (Å²) in [5.41, 5.74) is 6.80. The lowest BCUT2D eigenvalue weighted by atomic mass is 9.76. The molecule has 22 heavy (non-hydrogen) atoms. The predicted molar refractivity (Wildman–Crippen MR) is 82.4 cm³/mol. The van der Waals surface area contributed by atoms with E-state index in [4.69, 9.17) is 5.73 Å². The summed E-state index contributed by atoms with van der Waals surface area (Å²) in [4.78, 5) is 27.2. The molecule has 1 fully saturated rings. The van der Waals surface area contributed by atoms with E-state index in [1.54, 1.807) is 12.1 Å². The van der Waals surface area contributed by atoms with Crippen LogP contribution in [0.4, 0.5) is 0 Å². The number of aromatic nitrogens is 1. The number of hydrogen-bond acceptors (Lipinski definition) is 3. The number of nitrogens with one attached hydrogen (secondary N) is 1. The Morgan fingerprint density at radius 1 is 1.00 bits per heavy atom. The monoisotopic (exact) mass is 295 g/mol. The maximum atomic E-state index is 12.1. The van der Waals surface area contributed by atoms with E-state index in [1.165, 1.54) is 11.6 Å². The first-order valence-electron chi connectivity index (χ1n) is 7.26. The summed E-state index contributed by atoms with van der Waals surface area (Å²) in [5, 5.41) is 2.94. The highest BCUT2D eigenvalue weighted by molar-refractivity contribution is 5.95. The largest absolute Gasteiger partial charge is 0.364 e. The Balaban J connectivity index is 1.58. The van der Waals surface area contributed by atoms with Gasteiger partial charge in [-0.05, 0) is 36.5 Å². The zero-order valence-electron chi connectivity index (χ0n) is 12.0. The van der Waals surface area contributed by atoms with Gasteiger partial charge in [-0.2, -0.15) is 0 Å². The molecule has 1 aromatic carbocycles. The van der Waals surface area contributed by atoms with Crippen LogP contribution >= 0.6 is 0 Å². The van der Waals surface area contributed by atoms with E-state index in [0.717, 1.165) is 12.8 Å². The highest BCUT2D eigenvalue weighted by atomic mass is 16.2. The maximum Gasteiger partial charge on any atom is 0.270 e. The van der Waals surface area contributed by atoms with Crippen LogP contribution in [-0.2, 0) is 0 Å². The maximum absolute atomic E-state index is 12.1. The molecule has 0 radical (unpaired) electrons. The molecule has 1 aromatic heterocycles. The Morgan fingerprint density at radius 3 is 2.36 bits per heavy atom. The van der Waals surface area contributed by atoms with Gasteiger partial charge in [0, 0.05) is 6.04 Å². The van der Waals surface area contributed by atoms with E-state index in [-0.39, 0.29) is 23.3 Å². The van der Waals surface area contributed by atoms with Gasteiger partial charge in [0.1, 0.15) is 11.4 Å². The molecule has 5 heteroatoms. The smallest absolute Gasteiger partial charge is 0.270 e. The van der Waals surface area contributed by atoms with Crippen molar-refractivity contribution in [1.29, 1.82) is 0 Å². The SMILES string of the molecule is NC(=O)c1cccc(C(=O)NC2CC(c3ccccc3)C2)n1. The predicted octanol–water partition coefficient (Wildman–Crippen LogP) is 1.86. The summed E-state index contributed by atoms with van der Waals surface area (Å²) in [6.07, 6.45) is 1.84. The van der Waals surface area contributed by atoms with Crippen LogP contribution in [0.5, 0.6) is 0 Å². The summed E-state index contributed by atoms with van der Waals surface area (Å²) < 4.78 is 0. The van der Waals surface area contributed by atoms with Gasteiger partial charge in [-0.25, -0.2) is 4.98 Å². The number of amides is 2. The summed E-state index contributed by atoms with van der Waals surface area (Å²) in [5.74, 6) is -0.404. The quantitative estimate of drug-likeness (QED) is 0.902. The van der Waals surface area contributed by atoms with Crippen LogP contribution in [0.3, 0.4) is 0 Å². The van der Waals surface area contributed by atoms with Crippen molar-refractivity contribution in [2.24, 2.45) is 5.73 Å². The summed E-state index contributed by atoms with van der Waals surface area (Å²) in [7, 11) is 0. The van der Waals surface area contributed by atoms with Gasteiger partial charge in [-0.15, -0.1) is 0 Å². The average molecular weight is 295 g/mol. The van der Waals surface area contributed by atoms with Crippen LogP contribution in [0, 0.1) is 0 Å². The molecule has 0 saturated heterocycles. The summed E-state index contributed by atoms with van der Waals surface area (Å²) in [6.45, 7) is 0. The Morgan fingerprint density at radius 2 is 1.68 bits per heavy atom. The zero-order valence-corrected chi connectivity index (χ0v) is 12.0. The Kier molecular flexibility index (Phi) is 3.87. The van der Waals surface area contributed by atoms with Crippen molar-refractivity contribution in [1.82, 2.24) is 10.3 Å². The minimum atomic E-state index is -0.637. The first-order chi connectivity index (χ1) is 10.6. The highest BCUT2D eigenvalue weighted by Gasteiger charge is 2.31. The van der Waals surface area contributed by atoms with Crippen molar-refractivity contribution in [3.63, 3.8) is 0 Å². The topological polar surface area (TPSA) is 85.1 Å². The van der Waals surface area contributed by atoms with E-state index in [9.17, 15) is 9.59 Å². The van der Waals surface area contributed by atoms with E-state index in [2.05, 4.69) is 22.4 Å². The average Bonchev–Trinajstić information content (AvgIpc) is 2.51. The van der Waals surface area contributed by atoms with Crippen LogP contribution in [0.1, 0.15) is 45.3 Å². The van der Waals surface area contributed by atoms with Crippen LogP contribution < -0.4 is 11.1 Å². The second-order valence-electron chi connectivity index (χ2n) is 5.52. The van der Waals surface area contributed by atoms with Crippen molar-refractivity contribution in [2.75, 3.05) is 0 Å². The lowest BCUT2D eigenvalue weighted by Crippen LogP contribution is -2.43. The standard InChI is InChI=1S/C17H17N3O2/c18-16(21)14-7-4-8-15(20-14)17(22)19-13-9-12(10-13)11-5-2-1-3-6-11/h1-8,12-13H,9-10H2,(H2,18,21)(H,19,22). The van der Waals surface area contributed by atoms with Crippen LogP contribution in [0.25, 0.3) is 0 Å². The summed E-state index contributed by atoms with van der Waals surface area (Å²) in [6, 6.07) is 15.1. The van der Waals surface area contributed by atoms with Gasteiger partial charge in [0.25, 0.3) is 11.8 Å². The number of hydrogen-bond donors (Lipinski definition) is 2. The minimum absolute atomic E-state index is 0.100. The van der Waals surface area contributed by atoms with Crippen molar-refractivity contribution >= 4 is 11.8 Å². The molecule has 0 bridgehead atoms. The number of nitrogens with zero attached hydrogens (tertiary/aromatic N) is 1. The van der Waals surface area contributed by atoms with Gasteiger partial charge in [0.2, 0.25) is 0 Å². The molecule has 1 aliphatic rings. The molecule has 0 aliphatic heterocycles. The van der Waals surface area contributed by atoms with E-state index >= 15 is 0 Å². The molecule has 0 spiro atoms. The normalized spacial score (nSPS) is 20.0. The fourth-order valence-electron chi connectivity index (χ4n) is 2.69. The lowest BCUT2D eigenvalue weighted by Gasteiger charge is -2.36. The van der Waals surface area contributed by atoms with E-state index in [1.807, 2.05) is 18.2 Å². The number of benzene rings is 1. The summed E-state index contributed by atoms with van der Waals surface area (Å²) >= 11 is 0. The van der Waals surface area contributed by atoms with Crippen LogP contribution in [-0.4, -0.2) is 22.8 Å². The number of primary amides is 1. The van der Waals surface area contributed by atoms with Gasteiger partial charge in [-0.3, -0.25) is 9.59 Å². The van der Waals surface area contributed by atoms with Gasteiger partial charge in [0.05, 0.1) is 0 Å². The molecule has 2 aromatic rings. The van der Waals surface area contributed by atoms with Gasteiger partial charge in [-0.1, -0.05) is 36.4 Å². The van der Waals surface area contributed by atoms with Crippen LogP contribution in [0.2, 0.25) is 0 Å². The lowest BCUT2D eigenvalue weighted by molar-refractivity contribution is 0.0903. The third-order valence-corrected chi connectivity index (χ3v) is 3.98. The Hall–Kier alpha value is -2.69. The first kappa shape index (κ1) is 14.3. The molecule has 1 saturated carbocycles. The minimum Gasteiger partial charge on any atom is -0.364 e. The van der Waals surface area contributed by atoms with E-state index < -0.39 is 5.91 Å². The number of carbonyl (C=O) groups is 2. The molecule has 112 valence electrons. The Bertz CT molecular complexity index is 694. The molecule has 3 N–H and O–H groups in total. The molecule has 1 aliphatic carbocycles. The molecule has 5 nitrogen and oxygen atoms in total. The Labute approximate surface area is 128 Å². The molecule has 3 rings (SSSR count). The number of nitrogens with two attached hydrogens (primary N) is 1. The molecule has 2 amide bonds. The van der Waals surface area contributed by atoms with Gasteiger partial charge in [0.15, 0.2) is 0 Å². The third kappa shape index (κ3) is 2.98. The molecular weight excluding hydrogens is 278 g/mol. The fraction of sp³-hybridized carbons (Fsp3) is 0.235. The second-order valence-corrected chi connectivity index (χ2v) is 5.52. The van der Waals surface area contributed by atoms with Gasteiger partial charge >= 0.3 is 0 Å². The van der Waals surface area contributed by atoms with Crippen molar-refractivity contribution in [2.45, 2.75) is 24.8 Å². The van der Waals surface area contributed by atoms with Crippen LogP contribution in [0.15, 0.2) is 48.5 Å². The highest BCUT2D eigenvalue weighted by Crippen LogP contribution is 2.36. The number of rotatable bonds is 4. The second kappa shape index (κ2) is 5.97. The van der Waals surface area contributed by atoms with Crippen molar-refractivity contribution < 1.29 is 9.59 Å². The fourth-order valence-corrected chi connectivity index (χ4v) is 2.69. The molecule has 1 heterocycles. The molecule has 0 unspecified atom stereocenters. The molecular formula is C17H17N3O2. The van der Waals surface area contributed by atoms with Crippen molar-refractivity contribution in [3.05, 3.63) is 65.5 Å². The number of carbonyl (C=O) groups excluding carboxylic acids is 2. The van der Waals surface area contributed by atoms with Gasteiger partial charge < -0.3 is 11.1 Å². The number of pyridine rings is 1.